The van der Waals surface area contributed by atoms with Gasteiger partial charge in [0.05, 0.1) is 6.61 Å². The van der Waals surface area contributed by atoms with Crippen LogP contribution >= 0.6 is 0 Å². The van der Waals surface area contributed by atoms with E-state index in [4.69, 9.17) is 9.47 Å². The molecule has 0 bridgehead atoms. The summed E-state index contributed by atoms with van der Waals surface area (Å²) in [6.45, 7) is 4.06. The molecule has 11 heavy (non-hydrogen) atoms. The van der Waals surface area contributed by atoms with Gasteiger partial charge in [-0.2, -0.15) is 0 Å². The van der Waals surface area contributed by atoms with Gasteiger partial charge in [-0.3, -0.25) is 0 Å². The highest BCUT2D eigenvalue weighted by molar-refractivity contribution is 4.80. The summed E-state index contributed by atoms with van der Waals surface area (Å²) in [5.41, 5.74) is 0. The molecule has 0 spiro atoms. The lowest BCUT2D eigenvalue weighted by molar-refractivity contribution is -0.151. The van der Waals surface area contributed by atoms with Crippen LogP contribution in [0.4, 0.5) is 0 Å². The summed E-state index contributed by atoms with van der Waals surface area (Å²) in [6.07, 6.45) is 3.92. The Morgan fingerprint density at radius 1 is 1.36 bits per heavy atom. The fourth-order valence-corrected chi connectivity index (χ4v) is 2.17. The topological polar surface area (TPSA) is 18.5 Å². The third-order valence-corrected chi connectivity index (χ3v) is 2.92. The van der Waals surface area contributed by atoms with Gasteiger partial charge in [0, 0.05) is 12.5 Å². The Morgan fingerprint density at radius 3 is 3.09 bits per heavy atom. The fraction of sp³-hybridized carbons (Fsp3) is 1.00. The molecule has 0 N–H and O–H groups in total. The Morgan fingerprint density at radius 2 is 2.27 bits per heavy atom. The molecule has 0 radical (unpaired) electrons. The van der Waals surface area contributed by atoms with Crippen molar-refractivity contribution in [2.24, 2.45) is 11.8 Å². The lowest BCUT2D eigenvalue weighted by Gasteiger charge is -2.26. The summed E-state index contributed by atoms with van der Waals surface area (Å²) in [5, 5.41) is 0. The van der Waals surface area contributed by atoms with Crippen LogP contribution in [0.3, 0.4) is 0 Å². The molecule has 2 heterocycles. The van der Waals surface area contributed by atoms with E-state index >= 15 is 0 Å². The molecule has 2 heteroatoms. The normalized spacial score (nSPS) is 43.9. The van der Waals surface area contributed by atoms with Crippen molar-refractivity contribution in [2.75, 3.05) is 13.2 Å². The zero-order chi connectivity index (χ0) is 7.68. The first-order valence-corrected chi connectivity index (χ1v) is 4.65. The molecule has 2 fully saturated rings. The van der Waals surface area contributed by atoms with Crippen molar-refractivity contribution in [1.82, 2.24) is 0 Å². The molecule has 0 aromatic carbocycles. The van der Waals surface area contributed by atoms with E-state index in [0.29, 0.717) is 5.92 Å². The Hall–Kier alpha value is -0.0800. The van der Waals surface area contributed by atoms with Crippen LogP contribution in [0, 0.1) is 11.8 Å². The van der Waals surface area contributed by atoms with Crippen LogP contribution in [-0.2, 0) is 9.47 Å². The van der Waals surface area contributed by atoms with Crippen LogP contribution in [-0.4, -0.2) is 19.5 Å². The van der Waals surface area contributed by atoms with Gasteiger partial charge in [-0.1, -0.05) is 13.3 Å². The van der Waals surface area contributed by atoms with E-state index in [2.05, 4.69) is 6.92 Å². The van der Waals surface area contributed by atoms with Gasteiger partial charge >= 0.3 is 0 Å². The van der Waals surface area contributed by atoms with E-state index < -0.39 is 0 Å². The second-order valence-electron chi connectivity index (χ2n) is 3.55. The van der Waals surface area contributed by atoms with Gasteiger partial charge in [0.25, 0.3) is 0 Å². The van der Waals surface area contributed by atoms with Crippen LogP contribution in [0.5, 0.6) is 0 Å². The summed E-state index contributed by atoms with van der Waals surface area (Å²) in [7, 11) is 0. The van der Waals surface area contributed by atoms with Gasteiger partial charge in [0.15, 0.2) is 6.29 Å². The largest absolute Gasteiger partial charge is 0.352 e. The van der Waals surface area contributed by atoms with Crippen LogP contribution in [0.15, 0.2) is 0 Å². The number of ether oxygens (including phenoxy) is 2. The molecule has 2 nitrogen and oxygen atoms in total. The standard InChI is InChI=1S/C9H16O2/c1-2-7-6-11-9-8(7)4-3-5-10-9/h7-9H,2-6H2,1H3. The van der Waals surface area contributed by atoms with E-state index in [0.717, 1.165) is 19.1 Å². The molecular formula is C9H16O2. The van der Waals surface area contributed by atoms with Crippen LogP contribution in [0.1, 0.15) is 26.2 Å². The van der Waals surface area contributed by atoms with Crippen molar-refractivity contribution in [1.29, 1.82) is 0 Å². The van der Waals surface area contributed by atoms with Crippen LogP contribution in [0.25, 0.3) is 0 Å². The van der Waals surface area contributed by atoms with Gasteiger partial charge in [-0.25, -0.2) is 0 Å². The summed E-state index contributed by atoms with van der Waals surface area (Å²) >= 11 is 0. The molecule has 3 unspecified atom stereocenters. The number of hydrogen-bond donors (Lipinski definition) is 0. The molecule has 2 aliphatic rings. The average Bonchev–Trinajstić information content (AvgIpc) is 2.47. The molecule has 2 aliphatic heterocycles. The first kappa shape index (κ1) is 7.56. The van der Waals surface area contributed by atoms with Gasteiger partial charge in [-0.15, -0.1) is 0 Å². The summed E-state index contributed by atoms with van der Waals surface area (Å²) in [6, 6.07) is 0. The predicted molar refractivity (Wildman–Crippen MR) is 42.2 cm³/mol. The smallest absolute Gasteiger partial charge is 0.160 e. The summed E-state index contributed by atoms with van der Waals surface area (Å²) in [4.78, 5) is 0. The molecule has 0 amide bonds. The van der Waals surface area contributed by atoms with Crippen molar-refractivity contribution < 1.29 is 9.47 Å². The van der Waals surface area contributed by atoms with Crippen molar-refractivity contribution in [2.45, 2.75) is 32.5 Å². The average molecular weight is 156 g/mol. The minimum atomic E-state index is 0.147. The third kappa shape index (κ3) is 1.30. The van der Waals surface area contributed by atoms with E-state index in [1.807, 2.05) is 0 Å². The van der Waals surface area contributed by atoms with E-state index in [9.17, 15) is 0 Å². The monoisotopic (exact) mass is 156 g/mol. The highest BCUT2D eigenvalue weighted by Gasteiger charge is 2.38. The van der Waals surface area contributed by atoms with Crippen molar-refractivity contribution in [3.05, 3.63) is 0 Å². The Kier molecular flexibility index (Phi) is 2.14. The zero-order valence-corrected chi connectivity index (χ0v) is 7.08. The molecule has 2 saturated heterocycles. The number of fused-ring (bicyclic) bond motifs is 1. The Labute approximate surface area is 67.9 Å². The van der Waals surface area contributed by atoms with E-state index in [1.54, 1.807) is 0 Å². The zero-order valence-electron chi connectivity index (χ0n) is 7.08. The van der Waals surface area contributed by atoms with Crippen molar-refractivity contribution in [3.8, 4) is 0 Å². The second kappa shape index (κ2) is 3.11. The maximum Gasteiger partial charge on any atom is 0.160 e. The Balaban J connectivity index is 1.98. The summed E-state index contributed by atoms with van der Waals surface area (Å²) in [5.74, 6) is 1.47. The highest BCUT2D eigenvalue weighted by atomic mass is 16.7. The maximum absolute atomic E-state index is 5.54. The Bertz CT molecular complexity index is 130. The first-order chi connectivity index (χ1) is 5.42. The minimum absolute atomic E-state index is 0.147. The lowest BCUT2D eigenvalue weighted by atomic mass is 9.87. The van der Waals surface area contributed by atoms with Crippen LogP contribution < -0.4 is 0 Å². The number of rotatable bonds is 1. The number of hydrogen-bond acceptors (Lipinski definition) is 2. The molecular weight excluding hydrogens is 140 g/mol. The maximum atomic E-state index is 5.54. The first-order valence-electron chi connectivity index (χ1n) is 4.65. The molecule has 64 valence electrons. The van der Waals surface area contributed by atoms with Gasteiger partial charge < -0.3 is 9.47 Å². The van der Waals surface area contributed by atoms with Crippen molar-refractivity contribution in [3.63, 3.8) is 0 Å². The van der Waals surface area contributed by atoms with Gasteiger partial charge in [0.1, 0.15) is 0 Å². The van der Waals surface area contributed by atoms with Crippen LogP contribution in [0.2, 0.25) is 0 Å². The quantitative estimate of drug-likeness (QED) is 0.576. The molecule has 2 rings (SSSR count). The second-order valence-corrected chi connectivity index (χ2v) is 3.55. The molecule has 0 aliphatic carbocycles. The molecule has 0 aromatic heterocycles. The fourth-order valence-electron chi connectivity index (χ4n) is 2.17. The summed E-state index contributed by atoms with van der Waals surface area (Å²) < 4.78 is 11.0. The molecule has 0 aromatic rings. The highest BCUT2D eigenvalue weighted by Crippen LogP contribution is 2.36. The molecule has 3 atom stereocenters. The van der Waals surface area contributed by atoms with Gasteiger partial charge in [0.2, 0.25) is 0 Å². The SMILES string of the molecule is CCC1COC2OCCCC12. The van der Waals surface area contributed by atoms with Crippen molar-refractivity contribution >= 4 is 0 Å². The van der Waals surface area contributed by atoms with E-state index in [1.165, 1.54) is 19.3 Å². The molecule has 0 saturated carbocycles. The third-order valence-electron chi connectivity index (χ3n) is 2.92. The minimum Gasteiger partial charge on any atom is -0.352 e. The van der Waals surface area contributed by atoms with Gasteiger partial charge in [-0.05, 0) is 18.8 Å². The predicted octanol–water partition coefficient (Wildman–Crippen LogP) is 1.80. The lowest BCUT2D eigenvalue weighted by Crippen LogP contribution is -2.28. The van der Waals surface area contributed by atoms with E-state index in [-0.39, 0.29) is 6.29 Å².